The summed E-state index contributed by atoms with van der Waals surface area (Å²) in [7, 11) is 1.74. The first-order valence-corrected chi connectivity index (χ1v) is 5.96. The Morgan fingerprint density at radius 1 is 1.56 bits per heavy atom. The van der Waals surface area contributed by atoms with E-state index in [-0.39, 0.29) is 0 Å². The van der Waals surface area contributed by atoms with Gasteiger partial charge in [0.05, 0.1) is 18.6 Å². The molecule has 0 spiro atoms. The van der Waals surface area contributed by atoms with Gasteiger partial charge < -0.3 is 14.6 Å². The summed E-state index contributed by atoms with van der Waals surface area (Å²) in [5, 5.41) is 3.39. The van der Waals surface area contributed by atoms with Gasteiger partial charge in [-0.25, -0.2) is 4.98 Å². The van der Waals surface area contributed by atoms with Crippen LogP contribution in [0.5, 0.6) is 0 Å². The Kier molecular flexibility index (Phi) is 6.11. The van der Waals surface area contributed by atoms with Gasteiger partial charge in [-0.3, -0.25) is 0 Å². The van der Waals surface area contributed by atoms with Crippen LogP contribution in [0.1, 0.15) is 26.0 Å². The largest absolute Gasteiger partial charge is 0.384 e. The lowest BCUT2D eigenvalue weighted by Crippen LogP contribution is -2.19. The fraction of sp³-hybridized carbons (Fsp3) is 0.750. The molecule has 0 aromatic carbocycles. The van der Waals surface area contributed by atoms with Crippen LogP contribution in [0, 0.1) is 5.92 Å². The number of aromatic nitrogens is 2. The highest BCUT2D eigenvalue weighted by atomic mass is 16.5. The van der Waals surface area contributed by atoms with Crippen LogP contribution in [0.2, 0.25) is 0 Å². The molecule has 1 aromatic heterocycles. The smallest absolute Gasteiger partial charge is 0.0948 e. The summed E-state index contributed by atoms with van der Waals surface area (Å²) < 4.78 is 7.34. The minimum absolute atomic E-state index is 0.518. The maximum absolute atomic E-state index is 5.14. The lowest BCUT2D eigenvalue weighted by atomic mass is 10.2. The zero-order valence-electron chi connectivity index (χ0n) is 10.6. The van der Waals surface area contributed by atoms with Gasteiger partial charge in [0.1, 0.15) is 0 Å². The number of rotatable bonds is 8. The fourth-order valence-corrected chi connectivity index (χ4v) is 1.73. The average molecular weight is 225 g/mol. The van der Waals surface area contributed by atoms with Crippen molar-refractivity contribution in [2.24, 2.45) is 5.92 Å². The first-order chi connectivity index (χ1) is 7.77. The molecule has 0 saturated heterocycles. The van der Waals surface area contributed by atoms with Crippen molar-refractivity contribution in [3.8, 4) is 0 Å². The SMILES string of the molecule is CCCNCc1cncn1CC(C)COC. The minimum Gasteiger partial charge on any atom is -0.384 e. The molecule has 1 heterocycles. The van der Waals surface area contributed by atoms with E-state index in [9.17, 15) is 0 Å². The predicted molar refractivity (Wildman–Crippen MR) is 65.3 cm³/mol. The van der Waals surface area contributed by atoms with Crippen LogP contribution in [-0.4, -0.2) is 29.8 Å². The van der Waals surface area contributed by atoms with Crippen LogP contribution in [0.3, 0.4) is 0 Å². The normalized spacial score (nSPS) is 12.9. The molecule has 1 unspecified atom stereocenters. The summed E-state index contributed by atoms with van der Waals surface area (Å²) in [6.07, 6.45) is 4.99. The molecule has 0 aliphatic heterocycles. The topological polar surface area (TPSA) is 39.1 Å². The Hall–Kier alpha value is -0.870. The Labute approximate surface area is 98.0 Å². The van der Waals surface area contributed by atoms with Gasteiger partial charge in [0.2, 0.25) is 0 Å². The molecule has 92 valence electrons. The van der Waals surface area contributed by atoms with Crippen molar-refractivity contribution in [2.75, 3.05) is 20.3 Å². The van der Waals surface area contributed by atoms with E-state index in [1.165, 1.54) is 5.69 Å². The second-order valence-electron chi connectivity index (χ2n) is 4.27. The summed E-state index contributed by atoms with van der Waals surface area (Å²) in [6, 6.07) is 0. The van der Waals surface area contributed by atoms with Crippen LogP contribution in [0.15, 0.2) is 12.5 Å². The van der Waals surface area contributed by atoms with Crippen molar-refractivity contribution in [2.45, 2.75) is 33.4 Å². The van der Waals surface area contributed by atoms with Gasteiger partial charge in [-0.05, 0) is 18.9 Å². The van der Waals surface area contributed by atoms with Gasteiger partial charge in [-0.1, -0.05) is 13.8 Å². The highest BCUT2D eigenvalue weighted by Crippen LogP contribution is 2.05. The first-order valence-electron chi connectivity index (χ1n) is 5.96. The van der Waals surface area contributed by atoms with E-state index in [4.69, 9.17) is 4.74 Å². The van der Waals surface area contributed by atoms with Crippen LogP contribution in [-0.2, 0) is 17.8 Å². The number of nitrogens with zero attached hydrogens (tertiary/aromatic N) is 2. The molecule has 1 N–H and O–H groups in total. The number of nitrogens with one attached hydrogen (secondary N) is 1. The summed E-state index contributed by atoms with van der Waals surface area (Å²) in [6.45, 7) is 8.07. The number of hydrogen-bond donors (Lipinski definition) is 1. The summed E-state index contributed by atoms with van der Waals surface area (Å²) >= 11 is 0. The van der Waals surface area contributed by atoms with Crippen LogP contribution >= 0.6 is 0 Å². The molecule has 1 aromatic rings. The van der Waals surface area contributed by atoms with E-state index in [2.05, 4.69) is 28.7 Å². The fourth-order valence-electron chi connectivity index (χ4n) is 1.73. The summed E-state index contributed by atoms with van der Waals surface area (Å²) in [5.41, 5.74) is 1.25. The van der Waals surface area contributed by atoms with Crippen molar-refractivity contribution in [1.29, 1.82) is 0 Å². The molecule has 0 bridgehead atoms. The maximum atomic E-state index is 5.14. The van der Waals surface area contributed by atoms with E-state index >= 15 is 0 Å². The van der Waals surface area contributed by atoms with Crippen LogP contribution < -0.4 is 5.32 Å². The second-order valence-corrected chi connectivity index (χ2v) is 4.27. The zero-order chi connectivity index (χ0) is 11.8. The van der Waals surface area contributed by atoms with Gasteiger partial charge >= 0.3 is 0 Å². The minimum atomic E-state index is 0.518. The maximum Gasteiger partial charge on any atom is 0.0948 e. The molecule has 4 nitrogen and oxygen atoms in total. The Morgan fingerprint density at radius 2 is 2.38 bits per heavy atom. The Balaban J connectivity index is 2.43. The first kappa shape index (κ1) is 13.2. The monoisotopic (exact) mass is 225 g/mol. The summed E-state index contributed by atoms with van der Waals surface area (Å²) in [5.74, 6) is 0.518. The predicted octanol–water partition coefficient (Wildman–Crippen LogP) is 1.67. The van der Waals surface area contributed by atoms with Crippen LogP contribution in [0.25, 0.3) is 0 Å². The van der Waals surface area contributed by atoms with E-state index < -0.39 is 0 Å². The molecule has 0 aliphatic rings. The Morgan fingerprint density at radius 3 is 3.06 bits per heavy atom. The van der Waals surface area contributed by atoms with Gasteiger partial charge in [0, 0.05) is 26.4 Å². The molecular formula is C12H23N3O. The van der Waals surface area contributed by atoms with Crippen molar-refractivity contribution in [3.05, 3.63) is 18.2 Å². The third kappa shape index (κ3) is 4.33. The number of methoxy groups -OCH3 is 1. The van der Waals surface area contributed by atoms with E-state index in [1.54, 1.807) is 7.11 Å². The van der Waals surface area contributed by atoms with Crippen molar-refractivity contribution in [1.82, 2.24) is 14.9 Å². The number of imidazole rings is 1. The molecule has 0 aliphatic carbocycles. The molecule has 0 saturated carbocycles. The van der Waals surface area contributed by atoms with E-state index in [0.29, 0.717) is 5.92 Å². The third-order valence-electron chi connectivity index (χ3n) is 2.49. The molecule has 4 heteroatoms. The average Bonchev–Trinajstić information content (AvgIpc) is 2.66. The summed E-state index contributed by atoms with van der Waals surface area (Å²) in [4.78, 5) is 4.20. The quantitative estimate of drug-likeness (QED) is 0.684. The Bertz CT molecular complexity index is 286. The molecular weight excluding hydrogens is 202 g/mol. The molecule has 0 amide bonds. The van der Waals surface area contributed by atoms with Crippen molar-refractivity contribution < 1.29 is 4.74 Å². The highest BCUT2D eigenvalue weighted by molar-refractivity contribution is 4.98. The second kappa shape index (κ2) is 7.41. The molecule has 0 radical (unpaired) electrons. The lowest BCUT2D eigenvalue weighted by molar-refractivity contribution is 0.151. The molecule has 1 atom stereocenters. The van der Waals surface area contributed by atoms with Gasteiger partial charge in [-0.2, -0.15) is 0 Å². The zero-order valence-corrected chi connectivity index (χ0v) is 10.6. The van der Waals surface area contributed by atoms with Crippen molar-refractivity contribution in [3.63, 3.8) is 0 Å². The van der Waals surface area contributed by atoms with Crippen molar-refractivity contribution >= 4 is 0 Å². The van der Waals surface area contributed by atoms with E-state index in [1.807, 2.05) is 12.5 Å². The van der Waals surface area contributed by atoms with Gasteiger partial charge in [0.25, 0.3) is 0 Å². The highest BCUT2D eigenvalue weighted by Gasteiger charge is 2.06. The van der Waals surface area contributed by atoms with E-state index in [0.717, 1.165) is 32.7 Å². The standard InChI is InChI=1S/C12H23N3O/c1-4-5-13-6-12-7-14-10-15(12)8-11(2)9-16-3/h7,10-11,13H,4-6,8-9H2,1-3H3. The molecule has 0 fully saturated rings. The van der Waals surface area contributed by atoms with Crippen LogP contribution in [0.4, 0.5) is 0 Å². The lowest BCUT2D eigenvalue weighted by Gasteiger charge is -2.13. The number of hydrogen-bond acceptors (Lipinski definition) is 3. The van der Waals surface area contributed by atoms with Gasteiger partial charge in [0.15, 0.2) is 0 Å². The molecule has 16 heavy (non-hydrogen) atoms. The molecule has 1 rings (SSSR count). The third-order valence-corrected chi connectivity index (χ3v) is 2.49. The van der Waals surface area contributed by atoms with Gasteiger partial charge in [-0.15, -0.1) is 0 Å². The number of ether oxygens (including phenoxy) is 1.